The summed E-state index contributed by atoms with van der Waals surface area (Å²) in [4.78, 5) is 25.2. The van der Waals surface area contributed by atoms with Crippen LogP contribution in [-0.4, -0.2) is 35.3 Å². The Morgan fingerprint density at radius 2 is 1.89 bits per heavy atom. The van der Waals surface area contributed by atoms with Gasteiger partial charge in [0.15, 0.2) is 0 Å². The molecule has 5 heteroatoms. The van der Waals surface area contributed by atoms with Crippen molar-refractivity contribution in [2.45, 2.75) is 24.3 Å². The van der Waals surface area contributed by atoms with Crippen LogP contribution in [0.4, 0.5) is 11.4 Å². The Morgan fingerprint density at radius 1 is 1.21 bits per heavy atom. The van der Waals surface area contributed by atoms with Gasteiger partial charge in [-0.1, -0.05) is 13.8 Å². The zero-order chi connectivity index (χ0) is 13.6. The first-order valence-electron chi connectivity index (χ1n) is 6.44. The number of ketones is 1. The predicted molar refractivity (Wildman–Crippen MR) is 78.1 cm³/mol. The van der Waals surface area contributed by atoms with E-state index in [1.807, 2.05) is 23.9 Å². The highest BCUT2D eigenvalue weighted by molar-refractivity contribution is 8.00. The van der Waals surface area contributed by atoms with Gasteiger partial charge in [0.1, 0.15) is 0 Å². The molecule has 19 heavy (non-hydrogen) atoms. The van der Waals surface area contributed by atoms with Crippen molar-refractivity contribution in [1.82, 2.24) is 0 Å². The average molecular weight is 276 g/mol. The van der Waals surface area contributed by atoms with E-state index in [9.17, 15) is 9.59 Å². The Morgan fingerprint density at radius 3 is 2.58 bits per heavy atom. The molecule has 100 valence electrons. The molecule has 3 rings (SSSR count). The van der Waals surface area contributed by atoms with E-state index in [0.717, 1.165) is 18.8 Å². The molecule has 2 aliphatic rings. The third-order valence-corrected chi connectivity index (χ3v) is 4.71. The van der Waals surface area contributed by atoms with Gasteiger partial charge in [0.25, 0.3) is 11.7 Å². The van der Waals surface area contributed by atoms with Crippen molar-refractivity contribution in [3.05, 3.63) is 23.8 Å². The molecule has 0 aliphatic carbocycles. The molecule has 2 atom stereocenters. The van der Waals surface area contributed by atoms with E-state index < -0.39 is 11.7 Å². The molecule has 0 spiro atoms. The lowest BCUT2D eigenvalue weighted by Crippen LogP contribution is -2.40. The second-order valence-corrected chi connectivity index (χ2v) is 7.06. The number of anilines is 2. The fourth-order valence-corrected chi connectivity index (χ4v) is 4.05. The average Bonchev–Trinajstić information content (AvgIpc) is 2.63. The van der Waals surface area contributed by atoms with E-state index in [1.165, 1.54) is 0 Å². The molecule has 1 amide bonds. The number of hydrogen-bond acceptors (Lipinski definition) is 4. The molecular weight excluding hydrogens is 260 g/mol. The van der Waals surface area contributed by atoms with Gasteiger partial charge in [-0.2, -0.15) is 11.8 Å². The van der Waals surface area contributed by atoms with Crippen molar-refractivity contribution in [2.75, 3.05) is 23.3 Å². The number of carbonyl (C=O) groups is 2. The molecule has 1 aromatic rings. The zero-order valence-electron chi connectivity index (χ0n) is 11.0. The largest absolute Gasteiger partial charge is 0.369 e. The molecule has 2 heterocycles. The summed E-state index contributed by atoms with van der Waals surface area (Å²) in [6.45, 7) is 6.45. The Kier molecular flexibility index (Phi) is 3.01. The lowest BCUT2D eigenvalue weighted by molar-refractivity contribution is -0.112. The number of fused-ring (bicyclic) bond motifs is 1. The van der Waals surface area contributed by atoms with E-state index in [2.05, 4.69) is 24.1 Å². The lowest BCUT2D eigenvalue weighted by atomic mass is 10.1. The molecule has 0 saturated carbocycles. The van der Waals surface area contributed by atoms with Crippen molar-refractivity contribution in [2.24, 2.45) is 0 Å². The molecule has 1 fully saturated rings. The van der Waals surface area contributed by atoms with Gasteiger partial charge in [-0.3, -0.25) is 9.59 Å². The summed E-state index contributed by atoms with van der Waals surface area (Å²) in [5, 5.41) is 3.81. The number of amides is 1. The van der Waals surface area contributed by atoms with E-state index in [1.54, 1.807) is 6.07 Å². The van der Waals surface area contributed by atoms with Crippen LogP contribution >= 0.6 is 11.8 Å². The fourth-order valence-electron chi connectivity index (χ4n) is 2.72. The van der Waals surface area contributed by atoms with Crippen LogP contribution in [0, 0.1) is 0 Å². The molecule has 0 aromatic heterocycles. The third-order valence-electron chi connectivity index (χ3n) is 3.49. The number of Topliss-reactive ketones (excluding diaryl/α,β-unsaturated/α-hetero) is 1. The first kappa shape index (κ1) is 12.5. The molecule has 1 saturated heterocycles. The summed E-state index contributed by atoms with van der Waals surface area (Å²) >= 11 is 2.00. The first-order chi connectivity index (χ1) is 9.04. The molecular formula is C14H16N2O2S. The summed E-state index contributed by atoms with van der Waals surface area (Å²) in [6.07, 6.45) is 0. The van der Waals surface area contributed by atoms with Gasteiger partial charge in [0.05, 0.1) is 11.3 Å². The van der Waals surface area contributed by atoms with Crippen LogP contribution in [0.15, 0.2) is 18.2 Å². The first-order valence-corrected chi connectivity index (χ1v) is 7.39. The van der Waals surface area contributed by atoms with Gasteiger partial charge in [-0.25, -0.2) is 0 Å². The Bertz CT molecular complexity index is 548. The number of thioether (sulfide) groups is 1. The van der Waals surface area contributed by atoms with Crippen molar-refractivity contribution >= 4 is 34.8 Å². The SMILES string of the molecule is CC1CN(c2ccc3c(c2)NC(=O)C3=O)CC(C)S1. The number of nitrogens with zero attached hydrogens (tertiary/aromatic N) is 1. The molecule has 0 bridgehead atoms. The quantitative estimate of drug-likeness (QED) is 0.799. The molecule has 2 unspecified atom stereocenters. The van der Waals surface area contributed by atoms with E-state index in [-0.39, 0.29) is 0 Å². The smallest absolute Gasteiger partial charge is 0.296 e. The molecule has 0 radical (unpaired) electrons. The standard InChI is InChI=1S/C14H16N2O2S/c1-8-6-16(7-9(2)19-8)10-3-4-11-12(5-10)15-14(18)13(11)17/h3-5,8-9H,6-7H2,1-2H3,(H,15,17,18). The maximum absolute atomic E-state index is 11.6. The second kappa shape index (κ2) is 4.56. The van der Waals surface area contributed by atoms with Gasteiger partial charge in [-0.15, -0.1) is 0 Å². The number of benzene rings is 1. The maximum Gasteiger partial charge on any atom is 0.296 e. The Balaban J connectivity index is 1.89. The third kappa shape index (κ3) is 2.23. The highest BCUT2D eigenvalue weighted by atomic mass is 32.2. The molecule has 2 aliphatic heterocycles. The number of hydrogen-bond donors (Lipinski definition) is 1. The zero-order valence-corrected chi connectivity index (χ0v) is 11.8. The van der Waals surface area contributed by atoms with Gasteiger partial charge >= 0.3 is 0 Å². The highest BCUT2D eigenvalue weighted by Crippen LogP contribution is 2.32. The monoisotopic (exact) mass is 276 g/mol. The van der Waals surface area contributed by atoms with Gasteiger partial charge < -0.3 is 10.2 Å². The van der Waals surface area contributed by atoms with Gasteiger partial charge in [0.2, 0.25) is 0 Å². The van der Waals surface area contributed by atoms with Crippen molar-refractivity contribution in [3.63, 3.8) is 0 Å². The minimum absolute atomic E-state index is 0.433. The van der Waals surface area contributed by atoms with Crippen LogP contribution in [-0.2, 0) is 4.79 Å². The van der Waals surface area contributed by atoms with Gasteiger partial charge in [-0.05, 0) is 18.2 Å². The normalized spacial score (nSPS) is 26.3. The minimum Gasteiger partial charge on any atom is -0.369 e. The van der Waals surface area contributed by atoms with E-state index >= 15 is 0 Å². The Labute approximate surface area is 116 Å². The van der Waals surface area contributed by atoms with E-state index in [4.69, 9.17) is 0 Å². The van der Waals surface area contributed by atoms with Crippen molar-refractivity contribution in [3.8, 4) is 0 Å². The predicted octanol–water partition coefficient (Wildman–Crippen LogP) is 2.15. The Hall–Kier alpha value is -1.49. The van der Waals surface area contributed by atoms with Crippen LogP contribution in [0.2, 0.25) is 0 Å². The van der Waals surface area contributed by atoms with Crippen LogP contribution < -0.4 is 10.2 Å². The summed E-state index contributed by atoms with van der Waals surface area (Å²) in [5.74, 6) is -0.958. The maximum atomic E-state index is 11.6. The van der Waals surface area contributed by atoms with Crippen molar-refractivity contribution < 1.29 is 9.59 Å². The molecule has 4 nitrogen and oxygen atoms in total. The highest BCUT2D eigenvalue weighted by Gasteiger charge is 2.29. The summed E-state index contributed by atoms with van der Waals surface area (Å²) in [7, 11) is 0. The second-order valence-electron chi connectivity index (χ2n) is 5.18. The number of nitrogens with one attached hydrogen (secondary N) is 1. The van der Waals surface area contributed by atoms with E-state index in [0.29, 0.717) is 21.8 Å². The lowest BCUT2D eigenvalue weighted by Gasteiger charge is -2.36. The van der Waals surface area contributed by atoms with Gasteiger partial charge in [0, 0.05) is 29.3 Å². The van der Waals surface area contributed by atoms with Crippen LogP contribution in [0.1, 0.15) is 24.2 Å². The molecule has 1 aromatic carbocycles. The topological polar surface area (TPSA) is 49.4 Å². The summed E-state index contributed by atoms with van der Waals surface area (Å²) < 4.78 is 0. The van der Waals surface area contributed by atoms with Crippen LogP contribution in [0.25, 0.3) is 0 Å². The molecule has 1 N–H and O–H groups in total. The van der Waals surface area contributed by atoms with Crippen LogP contribution in [0.3, 0.4) is 0 Å². The van der Waals surface area contributed by atoms with Crippen LogP contribution in [0.5, 0.6) is 0 Å². The summed E-state index contributed by atoms with van der Waals surface area (Å²) in [6, 6.07) is 5.60. The van der Waals surface area contributed by atoms with Crippen molar-refractivity contribution in [1.29, 1.82) is 0 Å². The summed E-state index contributed by atoms with van der Waals surface area (Å²) in [5.41, 5.74) is 2.21. The number of carbonyl (C=O) groups excluding carboxylic acids is 2. The minimum atomic E-state index is -0.525. The number of rotatable bonds is 1. The fraction of sp³-hybridized carbons (Fsp3) is 0.429.